The lowest BCUT2D eigenvalue weighted by Gasteiger charge is -2.32. The molecule has 0 bridgehead atoms. The summed E-state index contributed by atoms with van der Waals surface area (Å²) in [6, 6.07) is -0.851. The van der Waals surface area contributed by atoms with E-state index in [-0.39, 0.29) is 11.2 Å². The molecule has 0 aromatic carbocycles. The van der Waals surface area contributed by atoms with E-state index in [1.165, 1.54) is 4.31 Å². The van der Waals surface area contributed by atoms with Gasteiger partial charge in [0.05, 0.1) is 5.75 Å². The van der Waals surface area contributed by atoms with Crippen LogP contribution >= 0.6 is 0 Å². The first-order valence-corrected chi connectivity index (χ1v) is 8.17. The summed E-state index contributed by atoms with van der Waals surface area (Å²) in [4.78, 5) is 11.1. The van der Waals surface area contributed by atoms with Crippen molar-refractivity contribution < 1.29 is 18.3 Å². The highest BCUT2D eigenvalue weighted by Gasteiger charge is 2.41. The summed E-state index contributed by atoms with van der Waals surface area (Å²) in [6.45, 7) is 2.45. The van der Waals surface area contributed by atoms with E-state index in [1.807, 2.05) is 0 Å². The molecule has 2 rings (SSSR count). The topological polar surface area (TPSA) is 74.7 Å². The fourth-order valence-corrected chi connectivity index (χ4v) is 4.42. The van der Waals surface area contributed by atoms with Gasteiger partial charge in [-0.3, -0.25) is 4.79 Å². The lowest BCUT2D eigenvalue weighted by molar-refractivity contribution is -0.142. The molecular formula is C12H21NO4S. The first-order chi connectivity index (χ1) is 8.34. The van der Waals surface area contributed by atoms with Crippen molar-refractivity contribution >= 4 is 16.0 Å². The first-order valence-electron chi connectivity index (χ1n) is 6.56. The molecule has 0 aromatic rings. The minimum Gasteiger partial charge on any atom is -0.480 e. The summed E-state index contributed by atoms with van der Waals surface area (Å²) in [7, 11) is -3.42. The second-order valence-electron chi connectivity index (χ2n) is 5.84. The van der Waals surface area contributed by atoms with Crippen LogP contribution in [0.15, 0.2) is 0 Å². The molecule has 5 nitrogen and oxygen atoms in total. The van der Waals surface area contributed by atoms with E-state index >= 15 is 0 Å². The van der Waals surface area contributed by atoms with E-state index in [0.29, 0.717) is 19.4 Å². The van der Waals surface area contributed by atoms with Crippen LogP contribution < -0.4 is 0 Å². The minimum atomic E-state index is -3.42. The van der Waals surface area contributed by atoms with Crippen molar-refractivity contribution in [2.45, 2.75) is 51.5 Å². The standard InChI is InChI=1S/C12H21NO4S/c1-12(5-6-12)7-9-18(16,17)13-8-3-2-4-10(13)11(14)15/h10H,2-9H2,1H3,(H,14,15). The Labute approximate surface area is 108 Å². The van der Waals surface area contributed by atoms with Crippen LogP contribution in [0.3, 0.4) is 0 Å². The Balaban J connectivity index is 2.04. The van der Waals surface area contributed by atoms with Crippen molar-refractivity contribution in [1.29, 1.82) is 0 Å². The first kappa shape index (κ1) is 13.8. The molecule has 1 N–H and O–H groups in total. The van der Waals surface area contributed by atoms with Gasteiger partial charge in [0, 0.05) is 6.54 Å². The fourth-order valence-electron chi connectivity index (χ4n) is 2.44. The third-order valence-electron chi connectivity index (χ3n) is 4.16. The molecule has 1 saturated carbocycles. The van der Waals surface area contributed by atoms with Crippen LogP contribution in [0.25, 0.3) is 0 Å². The largest absolute Gasteiger partial charge is 0.480 e. The average Bonchev–Trinajstić information content (AvgIpc) is 3.06. The van der Waals surface area contributed by atoms with Crippen LogP contribution in [-0.2, 0) is 14.8 Å². The number of aliphatic carboxylic acids is 1. The maximum absolute atomic E-state index is 12.2. The van der Waals surface area contributed by atoms with Gasteiger partial charge in [0.1, 0.15) is 6.04 Å². The summed E-state index contributed by atoms with van der Waals surface area (Å²) in [5, 5.41) is 9.11. The van der Waals surface area contributed by atoms with Crippen molar-refractivity contribution in [2.24, 2.45) is 5.41 Å². The quantitative estimate of drug-likeness (QED) is 0.824. The highest BCUT2D eigenvalue weighted by Crippen LogP contribution is 2.48. The predicted molar refractivity (Wildman–Crippen MR) is 67.7 cm³/mol. The number of rotatable bonds is 5. The molecular weight excluding hydrogens is 254 g/mol. The molecule has 1 unspecified atom stereocenters. The van der Waals surface area contributed by atoms with Gasteiger partial charge in [0.25, 0.3) is 0 Å². The van der Waals surface area contributed by atoms with E-state index in [9.17, 15) is 13.2 Å². The van der Waals surface area contributed by atoms with E-state index < -0.39 is 22.0 Å². The van der Waals surface area contributed by atoms with Crippen molar-refractivity contribution in [2.75, 3.05) is 12.3 Å². The maximum Gasteiger partial charge on any atom is 0.322 e. The number of nitrogens with zero attached hydrogens (tertiary/aromatic N) is 1. The molecule has 0 amide bonds. The van der Waals surface area contributed by atoms with Gasteiger partial charge >= 0.3 is 5.97 Å². The van der Waals surface area contributed by atoms with Crippen LogP contribution in [0.4, 0.5) is 0 Å². The van der Waals surface area contributed by atoms with E-state index in [0.717, 1.165) is 25.7 Å². The fraction of sp³-hybridized carbons (Fsp3) is 0.917. The number of carboxylic acids is 1. The van der Waals surface area contributed by atoms with E-state index in [1.54, 1.807) is 0 Å². The average molecular weight is 275 g/mol. The van der Waals surface area contributed by atoms with E-state index in [4.69, 9.17) is 5.11 Å². The van der Waals surface area contributed by atoms with E-state index in [2.05, 4.69) is 6.92 Å². The highest BCUT2D eigenvalue weighted by molar-refractivity contribution is 7.89. The Morgan fingerprint density at radius 3 is 2.61 bits per heavy atom. The van der Waals surface area contributed by atoms with Gasteiger partial charge in [-0.2, -0.15) is 4.31 Å². The zero-order valence-electron chi connectivity index (χ0n) is 10.8. The molecule has 2 aliphatic rings. The number of carboxylic acid groups (broad SMARTS) is 1. The SMILES string of the molecule is CC1(CCS(=O)(=O)N2CCCCC2C(=O)O)CC1. The second kappa shape index (κ2) is 4.81. The van der Waals surface area contributed by atoms with Crippen molar-refractivity contribution in [3.8, 4) is 0 Å². The van der Waals surface area contributed by atoms with Crippen LogP contribution in [0, 0.1) is 5.41 Å². The maximum atomic E-state index is 12.2. The monoisotopic (exact) mass is 275 g/mol. The Morgan fingerprint density at radius 1 is 1.39 bits per heavy atom. The molecule has 104 valence electrons. The molecule has 1 heterocycles. The Morgan fingerprint density at radius 2 is 2.06 bits per heavy atom. The Kier molecular flexibility index (Phi) is 3.69. The normalized spacial score (nSPS) is 27.9. The van der Waals surface area contributed by atoms with Crippen LogP contribution in [0.2, 0.25) is 0 Å². The van der Waals surface area contributed by atoms with Crippen LogP contribution in [0.5, 0.6) is 0 Å². The molecule has 0 spiro atoms. The summed E-state index contributed by atoms with van der Waals surface area (Å²) in [5.74, 6) is -0.927. The molecule has 0 radical (unpaired) electrons. The van der Waals surface area contributed by atoms with Crippen LogP contribution in [0.1, 0.15) is 45.4 Å². The third kappa shape index (κ3) is 3.03. The zero-order chi connectivity index (χ0) is 13.4. The molecule has 18 heavy (non-hydrogen) atoms. The second-order valence-corrected chi connectivity index (χ2v) is 7.88. The van der Waals surface area contributed by atoms with Gasteiger partial charge in [-0.05, 0) is 43.9 Å². The molecule has 1 aliphatic heterocycles. The number of hydrogen-bond donors (Lipinski definition) is 1. The van der Waals surface area contributed by atoms with Gasteiger partial charge in [-0.15, -0.1) is 0 Å². The Bertz CT molecular complexity index is 427. The predicted octanol–water partition coefficient (Wildman–Crippen LogP) is 1.45. The third-order valence-corrected chi connectivity index (χ3v) is 6.03. The number of sulfonamides is 1. The lowest BCUT2D eigenvalue weighted by Crippen LogP contribution is -2.48. The van der Waals surface area contributed by atoms with Gasteiger partial charge in [0.2, 0.25) is 10.0 Å². The minimum absolute atomic E-state index is 0.0906. The summed E-state index contributed by atoms with van der Waals surface area (Å²) >= 11 is 0. The highest BCUT2D eigenvalue weighted by atomic mass is 32.2. The smallest absolute Gasteiger partial charge is 0.322 e. The summed E-state index contributed by atoms with van der Waals surface area (Å²) in [6.07, 6.45) is 4.82. The Hall–Kier alpha value is -0.620. The van der Waals surface area contributed by atoms with Gasteiger partial charge in [-0.25, -0.2) is 8.42 Å². The number of piperidine rings is 1. The summed E-state index contributed by atoms with van der Waals surface area (Å²) in [5.41, 5.74) is 0.182. The van der Waals surface area contributed by atoms with Gasteiger partial charge in [-0.1, -0.05) is 6.92 Å². The van der Waals surface area contributed by atoms with Gasteiger partial charge in [0.15, 0.2) is 0 Å². The molecule has 6 heteroatoms. The molecule has 1 saturated heterocycles. The molecule has 1 aliphatic carbocycles. The number of carbonyl (C=O) groups is 1. The molecule has 2 fully saturated rings. The lowest BCUT2D eigenvalue weighted by atomic mass is 10.1. The van der Waals surface area contributed by atoms with Crippen molar-refractivity contribution in [1.82, 2.24) is 4.31 Å². The molecule has 1 atom stereocenters. The van der Waals surface area contributed by atoms with Crippen molar-refractivity contribution in [3.63, 3.8) is 0 Å². The summed E-state index contributed by atoms with van der Waals surface area (Å²) < 4.78 is 25.7. The molecule has 0 aromatic heterocycles. The van der Waals surface area contributed by atoms with Gasteiger partial charge < -0.3 is 5.11 Å². The van der Waals surface area contributed by atoms with Crippen molar-refractivity contribution in [3.05, 3.63) is 0 Å². The zero-order valence-corrected chi connectivity index (χ0v) is 11.6. The number of hydrogen-bond acceptors (Lipinski definition) is 3. The van der Waals surface area contributed by atoms with Crippen LogP contribution in [-0.4, -0.2) is 42.1 Å².